The number of amides is 1. The van der Waals surface area contributed by atoms with Crippen LogP contribution in [-0.4, -0.2) is 41.4 Å². The minimum atomic E-state index is -3.36. The van der Waals surface area contributed by atoms with Crippen LogP contribution < -0.4 is 27.2 Å². The molecule has 10 nitrogen and oxygen atoms in total. The molecule has 0 saturated carbocycles. The maximum Gasteiger partial charge on any atom is 0.274 e. The smallest absolute Gasteiger partial charge is 0.274 e. The van der Waals surface area contributed by atoms with Crippen molar-refractivity contribution in [3.8, 4) is 5.75 Å². The molecule has 0 aliphatic rings. The number of phenols is 1. The average Bonchev–Trinajstić information content (AvgIpc) is 3.67. The first-order valence-electron chi connectivity index (χ1n) is 14.2. The summed E-state index contributed by atoms with van der Waals surface area (Å²) in [6, 6.07) is 6.38. The van der Waals surface area contributed by atoms with E-state index in [1.807, 2.05) is 0 Å². The van der Waals surface area contributed by atoms with Crippen molar-refractivity contribution in [1.29, 1.82) is 0 Å². The van der Waals surface area contributed by atoms with Gasteiger partial charge in [-0.1, -0.05) is 19.9 Å². The number of nitrogens with zero attached hydrogens (tertiary/aromatic N) is 1. The molecule has 14 heteroatoms. The molecule has 0 aliphatic heterocycles. The first kappa shape index (κ1) is 33.3. The Morgan fingerprint density at radius 2 is 1.60 bits per heavy atom. The highest BCUT2D eigenvalue weighted by Crippen LogP contribution is 2.39. The Hall–Kier alpha value is -4.59. The average molecular weight is 635 g/mol. The van der Waals surface area contributed by atoms with Crippen molar-refractivity contribution in [3.63, 3.8) is 0 Å². The molecule has 0 fully saturated rings. The van der Waals surface area contributed by atoms with Gasteiger partial charge in [-0.2, -0.15) is 0 Å². The fourth-order valence-electron chi connectivity index (χ4n) is 4.65. The second-order valence-electron chi connectivity index (χ2n) is 10.7. The van der Waals surface area contributed by atoms with Crippen molar-refractivity contribution in [2.75, 3.05) is 24.2 Å². The molecule has 0 radical (unpaired) electrons. The predicted octanol–water partition coefficient (Wildman–Crippen LogP) is 5.78. The number of anilines is 3. The summed E-state index contributed by atoms with van der Waals surface area (Å²) in [5.74, 6) is -7.22. The van der Waals surface area contributed by atoms with E-state index in [1.54, 1.807) is 6.92 Å². The molecule has 45 heavy (non-hydrogen) atoms. The summed E-state index contributed by atoms with van der Waals surface area (Å²) in [7, 11) is 1.45. The molecule has 2 aromatic carbocycles. The zero-order valence-corrected chi connectivity index (χ0v) is 25.0. The zero-order valence-electron chi connectivity index (χ0n) is 25.0. The lowest BCUT2D eigenvalue weighted by molar-refractivity contribution is -0.0356. The number of phenolic OH excluding ortho intramolecular Hbond substituents is 1. The van der Waals surface area contributed by atoms with Crippen molar-refractivity contribution in [1.82, 2.24) is 4.90 Å². The van der Waals surface area contributed by atoms with Crippen molar-refractivity contribution < 1.29 is 36.3 Å². The highest BCUT2D eigenvalue weighted by Gasteiger charge is 2.43. The minimum Gasteiger partial charge on any atom is -0.505 e. The molecule has 0 spiro atoms. The van der Waals surface area contributed by atoms with Crippen LogP contribution in [0.15, 0.2) is 60.9 Å². The highest BCUT2D eigenvalue weighted by molar-refractivity contribution is 5.99. The summed E-state index contributed by atoms with van der Waals surface area (Å²) in [6.07, 6.45) is -0.897. The number of carbonyl (C=O) groups is 1. The van der Waals surface area contributed by atoms with Gasteiger partial charge in [0.2, 0.25) is 0 Å². The van der Waals surface area contributed by atoms with E-state index in [1.165, 1.54) is 68.3 Å². The fraction of sp³-hybridized carbons (Fsp3) is 0.387. The number of aromatic hydroxyl groups is 1. The number of aryl methyl sites for hydroxylation is 1. The summed E-state index contributed by atoms with van der Waals surface area (Å²) in [4.78, 5) is 39.3. The molecule has 2 atom stereocenters. The molecule has 2 heterocycles. The van der Waals surface area contributed by atoms with Crippen molar-refractivity contribution in [3.05, 3.63) is 91.5 Å². The Balaban J connectivity index is 1.49. The van der Waals surface area contributed by atoms with E-state index < -0.39 is 65.0 Å². The van der Waals surface area contributed by atoms with E-state index in [9.17, 15) is 37.1 Å². The van der Waals surface area contributed by atoms with Gasteiger partial charge < -0.3 is 35.2 Å². The van der Waals surface area contributed by atoms with Gasteiger partial charge in [0.1, 0.15) is 46.5 Å². The Kier molecular flexibility index (Phi) is 9.47. The molecule has 4 aromatic rings. The van der Waals surface area contributed by atoms with E-state index in [-0.39, 0.29) is 41.4 Å². The number of likely N-dealkylation sites (N-methyl/N-ethyl adjacent to an activating group) is 1. The predicted molar refractivity (Wildman–Crippen MR) is 159 cm³/mol. The molecule has 5 N–H and O–H groups in total. The van der Waals surface area contributed by atoms with Crippen molar-refractivity contribution in [2.24, 2.45) is 5.73 Å². The molecule has 2 unspecified atom stereocenters. The van der Waals surface area contributed by atoms with E-state index in [4.69, 9.17) is 14.6 Å². The summed E-state index contributed by atoms with van der Waals surface area (Å²) >= 11 is 0. The van der Waals surface area contributed by atoms with Gasteiger partial charge >= 0.3 is 0 Å². The van der Waals surface area contributed by atoms with Crippen LogP contribution in [0.5, 0.6) is 5.75 Å². The molecule has 0 saturated heterocycles. The quantitative estimate of drug-likeness (QED) is 0.0768. The lowest BCUT2D eigenvalue weighted by Gasteiger charge is -2.27. The van der Waals surface area contributed by atoms with Gasteiger partial charge in [-0.25, -0.2) is 17.6 Å². The van der Waals surface area contributed by atoms with E-state index in [0.29, 0.717) is 11.5 Å². The second-order valence-corrected chi connectivity index (χ2v) is 10.7. The van der Waals surface area contributed by atoms with Crippen LogP contribution >= 0.6 is 0 Å². The standard InChI is InChI=1S/C31H34F4N4O6/c1-5-30(32,33)27(36)20-13-11-17(45-20)14-15-39(4)29(43)18-8-7-9-19(24(18)40)37-22-23(26(42)25(22)41)38-28(31(34,35)6-2)21-12-10-16(3)44-21/h7-13,27-28,37-38,40H,5-6,14-15,36H2,1-4H3. The minimum absolute atomic E-state index is 0.0772. The number of hydrogen-bond acceptors (Lipinski definition) is 9. The van der Waals surface area contributed by atoms with Gasteiger partial charge in [-0.15, -0.1) is 0 Å². The van der Waals surface area contributed by atoms with Crippen LogP contribution in [0.4, 0.5) is 34.6 Å². The normalized spacial score (nSPS) is 13.5. The number of alkyl halides is 4. The summed E-state index contributed by atoms with van der Waals surface area (Å²) < 4.78 is 68.5. The van der Waals surface area contributed by atoms with Crippen LogP contribution in [-0.2, 0) is 6.42 Å². The first-order chi connectivity index (χ1) is 21.1. The van der Waals surface area contributed by atoms with E-state index >= 15 is 0 Å². The third-order valence-corrected chi connectivity index (χ3v) is 7.62. The highest BCUT2D eigenvalue weighted by atomic mass is 19.3. The van der Waals surface area contributed by atoms with E-state index in [2.05, 4.69) is 10.6 Å². The number of furan rings is 2. The number of para-hydroxylation sites is 1. The van der Waals surface area contributed by atoms with Gasteiger partial charge in [0.05, 0.1) is 11.3 Å². The van der Waals surface area contributed by atoms with Gasteiger partial charge in [-0.3, -0.25) is 14.4 Å². The molecule has 2 aromatic heterocycles. The second kappa shape index (κ2) is 12.8. The zero-order chi connectivity index (χ0) is 33.3. The Morgan fingerprint density at radius 1 is 0.956 bits per heavy atom. The van der Waals surface area contributed by atoms with Crippen LogP contribution in [0, 0.1) is 6.92 Å². The molecule has 0 bridgehead atoms. The number of halogens is 4. The number of nitrogens with one attached hydrogen (secondary N) is 2. The Morgan fingerprint density at radius 3 is 2.22 bits per heavy atom. The molecule has 242 valence electrons. The van der Waals surface area contributed by atoms with Gasteiger partial charge in [0, 0.05) is 32.9 Å². The maximum atomic E-state index is 14.9. The number of nitrogens with two attached hydrogens (primary N) is 1. The van der Waals surface area contributed by atoms with E-state index in [0.717, 1.165) is 0 Å². The monoisotopic (exact) mass is 634 g/mol. The fourth-order valence-corrected chi connectivity index (χ4v) is 4.65. The lowest BCUT2D eigenvalue weighted by Crippen LogP contribution is -2.40. The number of carbonyl (C=O) groups excluding carboxylic acids is 1. The van der Waals surface area contributed by atoms with Crippen LogP contribution in [0.3, 0.4) is 0 Å². The van der Waals surface area contributed by atoms with Gasteiger partial charge in [0.25, 0.3) is 28.6 Å². The largest absolute Gasteiger partial charge is 0.505 e. The van der Waals surface area contributed by atoms with Gasteiger partial charge in [0.15, 0.2) is 5.75 Å². The van der Waals surface area contributed by atoms with Crippen LogP contribution in [0.1, 0.15) is 72.2 Å². The molecular formula is C31H34F4N4O6. The van der Waals surface area contributed by atoms with Gasteiger partial charge in [-0.05, 0) is 43.3 Å². The molecular weight excluding hydrogens is 600 g/mol. The third-order valence-electron chi connectivity index (χ3n) is 7.62. The lowest BCUT2D eigenvalue weighted by atomic mass is 10.0. The Labute approximate surface area is 255 Å². The van der Waals surface area contributed by atoms with Crippen LogP contribution in [0.2, 0.25) is 0 Å². The third kappa shape index (κ3) is 6.75. The van der Waals surface area contributed by atoms with Crippen molar-refractivity contribution in [2.45, 2.75) is 64.0 Å². The summed E-state index contributed by atoms with van der Waals surface area (Å²) in [6.45, 7) is 4.23. The number of rotatable bonds is 14. The molecule has 0 aliphatic carbocycles. The molecule has 1 amide bonds. The van der Waals surface area contributed by atoms with Crippen molar-refractivity contribution >= 4 is 23.0 Å². The number of benzene rings is 1. The molecule has 4 rings (SSSR count). The summed E-state index contributed by atoms with van der Waals surface area (Å²) in [5, 5.41) is 15.9. The summed E-state index contributed by atoms with van der Waals surface area (Å²) in [5.41, 5.74) is 2.51. The first-order valence-corrected chi connectivity index (χ1v) is 14.2. The maximum absolute atomic E-state index is 14.9. The SMILES string of the molecule is CCC(F)(F)C(N)c1ccc(CCN(C)C(=O)c2cccc(Nc3c(NC(c4ccc(C)o4)C(F)(F)CC)c(=O)c3=O)c2O)o1. The topological polar surface area (TPSA) is 151 Å². The number of hydrogen-bond donors (Lipinski definition) is 4. The Bertz CT molecular complexity index is 1740. The van der Waals surface area contributed by atoms with Crippen LogP contribution in [0.25, 0.3) is 0 Å².